The van der Waals surface area contributed by atoms with E-state index in [9.17, 15) is 4.79 Å². The molecule has 0 aliphatic carbocycles. The monoisotopic (exact) mass is 326 g/mol. The SMILES string of the molecule is COc1ccc(CC2C(=O)OCC2Cc2cccc(OC)c2)cc1. The third-order valence-corrected chi connectivity index (χ3v) is 4.56. The summed E-state index contributed by atoms with van der Waals surface area (Å²) in [5.41, 5.74) is 2.28. The molecule has 2 unspecified atom stereocenters. The molecule has 3 rings (SSSR count). The van der Waals surface area contributed by atoms with E-state index in [-0.39, 0.29) is 17.8 Å². The van der Waals surface area contributed by atoms with Crippen LogP contribution in [0, 0.1) is 11.8 Å². The lowest BCUT2D eigenvalue weighted by Gasteiger charge is -2.16. The van der Waals surface area contributed by atoms with Crippen LogP contribution in [0.4, 0.5) is 0 Å². The predicted octanol–water partition coefficient (Wildman–Crippen LogP) is 3.28. The van der Waals surface area contributed by atoms with Crippen LogP contribution in [-0.2, 0) is 22.4 Å². The van der Waals surface area contributed by atoms with Gasteiger partial charge in [0.15, 0.2) is 0 Å². The minimum Gasteiger partial charge on any atom is -0.497 e. The zero-order chi connectivity index (χ0) is 16.9. The number of benzene rings is 2. The second-order valence-corrected chi connectivity index (χ2v) is 6.10. The van der Waals surface area contributed by atoms with Gasteiger partial charge in [0.1, 0.15) is 11.5 Å². The Labute approximate surface area is 142 Å². The fourth-order valence-corrected chi connectivity index (χ4v) is 3.17. The molecule has 1 aliphatic rings. The second kappa shape index (κ2) is 7.39. The minimum atomic E-state index is -0.107. The number of hydrogen-bond donors (Lipinski definition) is 0. The van der Waals surface area contributed by atoms with Crippen LogP contribution in [-0.4, -0.2) is 26.8 Å². The van der Waals surface area contributed by atoms with Crippen molar-refractivity contribution in [2.24, 2.45) is 11.8 Å². The summed E-state index contributed by atoms with van der Waals surface area (Å²) in [6, 6.07) is 15.8. The van der Waals surface area contributed by atoms with Crippen LogP contribution in [0.2, 0.25) is 0 Å². The van der Waals surface area contributed by atoms with E-state index in [1.54, 1.807) is 14.2 Å². The van der Waals surface area contributed by atoms with Crippen molar-refractivity contribution < 1.29 is 19.0 Å². The largest absolute Gasteiger partial charge is 0.497 e. The molecule has 0 N–H and O–H groups in total. The molecular weight excluding hydrogens is 304 g/mol. The van der Waals surface area contributed by atoms with Crippen LogP contribution < -0.4 is 9.47 Å². The van der Waals surface area contributed by atoms with E-state index in [1.165, 1.54) is 0 Å². The van der Waals surface area contributed by atoms with Gasteiger partial charge < -0.3 is 14.2 Å². The Morgan fingerprint density at radius 1 is 0.958 bits per heavy atom. The fourth-order valence-electron chi connectivity index (χ4n) is 3.17. The van der Waals surface area contributed by atoms with Gasteiger partial charge in [-0.1, -0.05) is 24.3 Å². The summed E-state index contributed by atoms with van der Waals surface area (Å²) >= 11 is 0. The first-order valence-electron chi connectivity index (χ1n) is 8.12. The molecule has 126 valence electrons. The van der Waals surface area contributed by atoms with Crippen LogP contribution >= 0.6 is 0 Å². The van der Waals surface area contributed by atoms with Gasteiger partial charge in [0, 0.05) is 5.92 Å². The van der Waals surface area contributed by atoms with E-state index in [0.29, 0.717) is 13.0 Å². The smallest absolute Gasteiger partial charge is 0.309 e. The summed E-state index contributed by atoms with van der Waals surface area (Å²) in [6.45, 7) is 0.483. The highest BCUT2D eigenvalue weighted by molar-refractivity contribution is 5.75. The molecule has 1 fully saturated rings. The lowest BCUT2D eigenvalue weighted by Crippen LogP contribution is -2.20. The van der Waals surface area contributed by atoms with Gasteiger partial charge >= 0.3 is 5.97 Å². The van der Waals surface area contributed by atoms with E-state index >= 15 is 0 Å². The Kier molecular flexibility index (Phi) is 5.04. The predicted molar refractivity (Wildman–Crippen MR) is 91.3 cm³/mol. The zero-order valence-corrected chi connectivity index (χ0v) is 14.0. The van der Waals surface area contributed by atoms with E-state index in [1.807, 2.05) is 42.5 Å². The summed E-state index contributed by atoms with van der Waals surface area (Å²) in [6.07, 6.45) is 1.50. The molecule has 1 saturated heterocycles. The topological polar surface area (TPSA) is 44.8 Å². The number of carbonyl (C=O) groups is 1. The maximum atomic E-state index is 12.2. The number of methoxy groups -OCH3 is 2. The Morgan fingerprint density at radius 3 is 2.42 bits per heavy atom. The summed E-state index contributed by atoms with van der Waals surface area (Å²) < 4.78 is 15.8. The molecule has 0 saturated carbocycles. The van der Waals surface area contributed by atoms with Crippen LogP contribution in [0.25, 0.3) is 0 Å². The van der Waals surface area contributed by atoms with Crippen LogP contribution in [0.3, 0.4) is 0 Å². The molecule has 0 spiro atoms. The molecule has 0 bridgehead atoms. The van der Waals surface area contributed by atoms with Crippen molar-refractivity contribution in [2.45, 2.75) is 12.8 Å². The van der Waals surface area contributed by atoms with Crippen LogP contribution in [0.1, 0.15) is 11.1 Å². The third kappa shape index (κ3) is 3.70. The molecule has 4 nitrogen and oxygen atoms in total. The van der Waals surface area contributed by atoms with E-state index in [4.69, 9.17) is 14.2 Å². The molecule has 4 heteroatoms. The number of rotatable bonds is 6. The maximum Gasteiger partial charge on any atom is 0.309 e. The molecular formula is C20H22O4. The molecule has 0 radical (unpaired) electrons. The zero-order valence-electron chi connectivity index (χ0n) is 14.0. The van der Waals surface area contributed by atoms with Crippen molar-refractivity contribution >= 4 is 5.97 Å². The Morgan fingerprint density at radius 2 is 1.71 bits per heavy atom. The van der Waals surface area contributed by atoms with Gasteiger partial charge in [-0.2, -0.15) is 0 Å². The fraction of sp³-hybridized carbons (Fsp3) is 0.350. The first kappa shape index (κ1) is 16.4. The van der Waals surface area contributed by atoms with Crippen molar-refractivity contribution in [3.63, 3.8) is 0 Å². The highest BCUT2D eigenvalue weighted by Gasteiger charge is 2.36. The highest BCUT2D eigenvalue weighted by atomic mass is 16.5. The van der Waals surface area contributed by atoms with Gasteiger partial charge in [0.05, 0.1) is 26.7 Å². The van der Waals surface area contributed by atoms with Gasteiger partial charge in [0.25, 0.3) is 0 Å². The van der Waals surface area contributed by atoms with Crippen molar-refractivity contribution in [3.05, 3.63) is 59.7 Å². The maximum absolute atomic E-state index is 12.2. The summed E-state index contributed by atoms with van der Waals surface area (Å²) in [5, 5.41) is 0. The van der Waals surface area contributed by atoms with Gasteiger partial charge in [0.2, 0.25) is 0 Å². The molecule has 0 aromatic heterocycles. The standard InChI is InChI=1S/C20H22O4/c1-22-17-8-6-14(7-9-17)12-19-16(13-24-20(19)21)10-15-4-3-5-18(11-15)23-2/h3-9,11,16,19H,10,12-13H2,1-2H3. The molecule has 2 aromatic carbocycles. The van der Waals surface area contributed by atoms with Gasteiger partial charge in [-0.05, 0) is 48.2 Å². The number of carbonyl (C=O) groups excluding carboxylic acids is 1. The number of ether oxygens (including phenoxy) is 3. The van der Waals surface area contributed by atoms with Gasteiger partial charge in [-0.25, -0.2) is 0 Å². The average Bonchev–Trinajstić information content (AvgIpc) is 2.96. The summed E-state index contributed by atoms with van der Waals surface area (Å²) in [4.78, 5) is 12.2. The normalized spacial score (nSPS) is 19.8. The van der Waals surface area contributed by atoms with E-state index in [2.05, 4.69) is 6.07 Å². The average molecular weight is 326 g/mol. The Bertz CT molecular complexity index is 693. The van der Waals surface area contributed by atoms with Crippen molar-refractivity contribution in [3.8, 4) is 11.5 Å². The molecule has 2 aromatic rings. The van der Waals surface area contributed by atoms with Crippen LogP contribution in [0.5, 0.6) is 11.5 Å². The summed E-state index contributed by atoms with van der Waals surface area (Å²) in [7, 11) is 3.31. The van der Waals surface area contributed by atoms with Crippen molar-refractivity contribution in [1.29, 1.82) is 0 Å². The molecule has 1 aliphatic heterocycles. The molecule has 0 amide bonds. The first-order valence-corrected chi connectivity index (χ1v) is 8.12. The Hall–Kier alpha value is -2.49. The number of cyclic esters (lactones) is 1. The van der Waals surface area contributed by atoms with Crippen molar-refractivity contribution in [2.75, 3.05) is 20.8 Å². The summed E-state index contributed by atoms with van der Waals surface area (Å²) in [5.74, 6) is 1.64. The quantitative estimate of drug-likeness (QED) is 0.764. The highest BCUT2D eigenvalue weighted by Crippen LogP contribution is 2.30. The van der Waals surface area contributed by atoms with Crippen molar-refractivity contribution in [1.82, 2.24) is 0 Å². The molecule has 2 atom stereocenters. The van der Waals surface area contributed by atoms with E-state index < -0.39 is 0 Å². The second-order valence-electron chi connectivity index (χ2n) is 6.10. The minimum absolute atomic E-state index is 0.0984. The number of esters is 1. The first-order chi connectivity index (χ1) is 11.7. The molecule has 24 heavy (non-hydrogen) atoms. The van der Waals surface area contributed by atoms with Gasteiger partial charge in [-0.15, -0.1) is 0 Å². The lowest BCUT2D eigenvalue weighted by atomic mass is 9.85. The number of hydrogen-bond acceptors (Lipinski definition) is 4. The Balaban J connectivity index is 1.71. The van der Waals surface area contributed by atoms with Crippen LogP contribution in [0.15, 0.2) is 48.5 Å². The van der Waals surface area contributed by atoms with Gasteiger partial charge in [-0.3, -0.25) is 4.79 Å². The van der Waals surface area contributed by atoms with E-state index in [0.717, 1.165) is 29.0 Å². The lowest BCUT2D eigenvalue weighted by molar-refractivity contribution is -0.141. The third-order valence-electron chi connectivity index (χ3n) is 4.56. The molecule has 1 heterocycles.